The van der Waals surface area contributed by atoms with Gasteiger partial charge in [0.15, 0.2) is 0 Å². The number of piperazine rings is 1. The van der Waals surface area contributed by atoms with E-state index < -0.39 is 0 Å². The molecule has 0 bridgehead atoms. The zero-order chi connectivity index (χ0) is 13.0. The molecule has 0 N–H and O–H groups in total. The molecule has 0 spiro atoms. The molecule has 18 heavy (non-hydrogen) atoms. The van der Waals surface area contributed by atoms with Gasteiger partial charge in [-0.05, 0) is 27.6 Å². The van der Waals surface area contributed by atoms with Gasteiger partial charge in [-0.3, -0.25) is 9.80 Å². The van der Waals surface area contributed by atoms with Crippen molar-refractivity contribution in [2.75, 3.05) is 38.1 Å². The van der Waals surface area contributed by atoms with Crippen LogP contribution in [0.3, 0.4) is 0 Å². The maximum absolute atomic E-state index is 13.4. The summed E-state index contributed by atoms with van der Waals surface area (Å²) in [5, 5.41) is 1.03. The molecular formula is C13H17Br2FN2. The fourth-order valence-electron chi connectivity index (χ4n) is 2.20. The molecule has 100 valence electrons. The van der Waals surface area contributed by atoms with E-state index in [-0.39, 0.29) is 5.82 Å². The summed E-state index contributed by atoms with van der Waals surface area (Å²) in [6.07, 6.45) is 0. The van der Waals surface area contributed by atoms with Gasteiger partial charge in [-0.25, -0.2) is 4.39 Å². The van der Waals surface area contributed by atoms with Crippen LogP contribution in [0.1, 0.15) is 5.56 Å². The molecule has 0 radical (unpaired) electrons. The Morgan fingerprint density at radius 3 is 2.44 bits per heavy atom. The second-order valence-electron chi connectivity index (χ2n) is 4.52. The van der Waals surface area contributed by atoms with E-state index in [4.69, 9.17) is 0 Å². The lowest BCUT2D eigenvalue weighted by atomic mass is 10.2. The summed E-state index contributed by atoms with van der Waals surface area (Å²) in [6, 6.07) is 5.25. The highest BCUT2D eigenvalue weighted by Gasteiger charge is 2.17. The second kappa shape index (κ2) is 6.98. The Kier molecular flexibility index (Phi) is 5.60. The minimum Gasteiger partial charge on any atom is -0.300 e. The highest BCUT2D eigenvalue weighted by Crippen LogP contribution is 2.22. The maximum Gasteiger partial charge on any atom is 0.137 e. The Balaban J connectivity index is 1.90. The van der Waals surface area contributed by atoms with Crippen molar-refractivity contribution in [3.05, 3.63) is 34.1 Å². The number of hydrogen-bond donors (Lipinski definition) is 0. The van der Waals surface area contributed by atoms with Gasteiger partial charge >= 0.3 is 0 Å². The quantitative estimate of drug-likeness (QED) is 0.741. The van der Waals surface area contributed by atoms with Crippen molar-refractivity contribution in [2.45, 2.75) is 6.54 Å². The predicted molar refractivity (Wildman–Crippen MR) is 79.6 cm³/mol. The van der Waals surface area contributed by atoms with Crippen LogP contribution < -0.4 is 0 Å². The summed E-state index contributed by atoms with van der Waals surface area (Å²) in [5.74, 6) is -0.176. The van der Waals surface area contributed by atoms with Crippen LogP contribution in [0.5, 0.6) is 0 Å². The normalized spacial score (nSPS) is 18.2. The van der Waals surface area contributed by atoms with Crippen LogP contribution in [-0.2, 0) is 6.54 Å². The van der Waals surface area contributed by atoms with Gasteiger partial charge in [-0.1, -0.05) is 28.1 Å². The van der Waals surface area contributed by atoms with Crippen LogP contribution in [0.4, 0.5) is 4.39 Å². The third-order valence-corrected chi connectivity index (χ3v) is 4.53. The van der Waals surface area contributed by atoms with Gasteiger partial charge in [0.1, 0.15) is 5.82 Å². The summed E-state index contributed by atoms with van der Waals surface area (Å²) in [6.45, 7) is 6.22. The van der Waals surface area contributed by atoms with E-state index in [2.05, 4.69) is 41.7 Å². The molecule has 1 aliphatic heterocycles. The summed E-state index contributed by atoms with van der Waals surface area (Å²) in [5.41, 5.74) is 1.03. The molecule has 0 amide bonds. The first-order valence-corrected chi connectivity index (χ1v) is 8.05. The molecule has 2 nitrogen and oxygen atoms in total. The van der Waals surface area contributed by atoms with Crippen LogP contribution in [0.2, 0.25) is 0 Å². The molecule has 1 aromatic rings. The molecular weight excluding hydrogens is 363 g/mol. The van der Waals surface area contributed by atoms with Crippen molar-refractivity contribution in [3.63, 3.8) is 0 Å². The Morgan fingerprint density at radius 2 is 1.78 bits per heavy atom. The van der Waals surface area contributed by atoms with Crippen molar-refractivity contribution >= 4 is 31.9 Å². The Bertz CT molecular complexity index is 393. The third-order valence-electron chi connectivity index (χ3n) is 3.29. The molecule has 0 aromatic heterocycles. The first-order chi connectivity index (χ1) is 8.70. The largest absolute Gasteiger partial charge is 0.300 e. The second-order valence-corrected chi connectivity index (χ2v) is 6.11. The van der Waals surface area contributed by atoms with Crippen LogP contribution >= 0.6 is 31.9 Å². The Hall–Kier alpha value is 0.0300. The highest BCUT2D eigenvalue weighted by atomic mass is 79.9. The molecule has 1 aliphatic rings. The van der Waals surface area contributed by atoms with Gasteiger partial charge in [0.2, 0.25) is 0 Å². The summed E-state index contributed by atoms with van der Waals surface area (Å²) >= 11 is 6.79. The van der Waals surface area contributed by atoms with Crippen LogP contribution in [-0.4, -0.2) is 47.9 Å². The van der Waals surface area contributed by atoms with E-state index in [0.29, 0.717) is 4.47 Å². The molecule has 0 unspecified atom stereocenters. The lowest BCUT2D eigenvalue weighted by molar-refractivity contribution is 0.132. The van der Waals surface area contributed by atoms with Crippen LogP contribution in [0.25, 0.3) is 0 Å². The number of rotatable bonds is 4. The fraction of sp³-hybridized carbons (Fsp3) is 0.538. The van der Waals surface area contributed by atoms with E-state index in [9.17, 15) is 4.39 Å². The van der Waals surface area contributed by atoms with Gasteiger partial charge < -0.3 is 0 Å². The van der Waals surface area contributed by atoms with Gasteiger partial charge in [0.05, 0.1) is 4.47 Å². The minimum atomic E-state index is -0.176. The summed E-state index contributed by atoms with van der Waals surface area (Å²) < 4.78 is 14.0. The Morgan fingerprint density at radius 1 is 1.11 bits per heavy atom. The lowest BCUT2D eigenvalue weighted by Crippen LogP contribution is -2.46. The zero-order valence-electron chi connectivity index (χ0n) is 10.2. The van der Waals surface area contributed by atoms with Crippen molar-refractivity contribution in [2.24, 2.45) is 0 Å². The van der Waals surface area contributed by atoms with Crippen molar-refractivity contribution in [3.8, 4) is 0 Å². The fourth-order valence-corrected chi connectivity index (χ4v) is 3.09. The van der Waals surface area contributed by atoms with Crippen molar-refractivity contribution in [1.29, 1.82) is 0 Å². The van der Waals surface area contributed by atoms with Crippen LogP contribution in [0, 0.1) is 5.82 Å². The SMILES string of the molecule is Fc1cccc(CN2CCN(CCBr)CC2)c1Br. The molecule has 1 saturated heterocycles. The smallest absolute Gasteiger partial charge is 0.137 e. The minimum absolute atomic E-state index is 0.176. The molecule has 1 aromatic carbocycles. The molecule has 2 rings (SSSR count). The van der Waals surface area contributed by atoms with Gasteiger partial charge in [-0.15, -0.1) is 0 Å². The summed E-state index contributed by atoms with van der Waals surface area (Å²) in [7, 11) is 0. The average Bonchev–Trinajstić information content (AvgIpc) is 2.38. The molecule has 5 heteroatoms. The van der Waals surface area contributed by atoms with E-state index in [1.807, 2.05) is 6.07 Å². The third kappa shape index (κ3) is 3.76. The molecule has 0 saturated carbocycles. The van der Waals surface area contributed by atoms with Crippen molar-refractivity contribution < 1.29 is 4.39 Å². The van der Waals surface area contributed by atoms with E-state index in [1.54, 1.807) is 6.07 Å². The number of alkyl halides is 1. The lowest BCUT2D eigenvalue weighted by Gasteiger charge is -2.34. The van der Waals surface area contributed by atoms with E-state index in [1.165, 1.54) is 6.07 Å². The highest BCUT2D eigenvalue weighted by molar-refractivity contribution is 9.10. The molecule has 0 atom stereocenters. The first kappa shape index (κ1) is 14.4. The predicted octanol–water partition coefficient (Wildman–Crippen LogP) is 3.10. The van der Waals surface area contributed by atoms with Gasteiger partial charge in [0.25, 0.3) is 0 Å². The van der Waals surface area contributed by atoms with Crippen molar-refractivity contribution in [1.82, 2.24) is 9.80 Å². The number of benzene rings is 1. The first-order valence-electron chi connectivity index (χ1n) is 6.14. The standard InChI is InChI=1S/C13H17Br2FN2/c14-4-5-17-6-8-18(9-7-17)10-11-2-1-3-12(16)13(11)15/h1-3H,4-10H2. The average molecular weight is 380 g/mol. The number of halogens is 3. The molecule has 1 heterocycles. The zero-order valence-corrected chi connectivity index (χ0v) is 13.4. The van der Waals surface area contributed by atoms with Crippen LogP contribution in [0.15, 0.2) is 22.7 Å². The van der Waals surface area contributed by atoms with E-state index in [0.717, 1.165) is 50.2 Å². The number of nitrogens with zero attached hydrogens (tertiary/aromatic N) is 2. The molecule has 1 fully saturated rings. The topological polar surface area (TPSA) is 6.48 Å². The van der Waals surface area contributed by atoms with Gasteiger partial charge in [-0.2, -0.15) is 0 Å². The Labute approximate surface area is 124 Å². The monoisotopic (exact) mass is 378 g/mol. The summed E-state index contributed by atoms with van der Waals surface area (Å²) in [4.78, 5) is 4.83. The van der Waals surface area contributed by atoms with E-state index >= 15 is 0 Å². The van der Waals surface area contributed by atoms with Gasteiger partial charge in [0, 0.05) is 44.6 Å². The molecule has 0 aliphatic carbocycles. The number of hydrogen-bond acceptors (Lipinski definition) is 2. The maximum atomic E-state index is 13.4.